The molecule has 2 atom stereocenters. The van der Waals surface area contributed by atoms with Gasteiger partial charge in [-0.3, -0.25) is 19.4 Å². The number of fused-ring (bicyclic) bond motifs is 1. The molecule has 0 aliphatic carbocycles. The molecular weight excluding hydrogens is 592 g/mol. The van der Waals surface area contributed by atoms with Gasteiger partial charge in [0.1, 0.15) is 6.04 Å². The highest BCUT2D eigenvalue weighted by Crippen LogP contribution is 2.30. The largest absolute Gasteiger partial charge is 0.372 e. The van der Waals surface area contributed by atoms with Gasteiger partial charge in [-0.25, -0.2) is 4.99 Å². The van der Waals surface area contributed by atoms with Crippen molar-refractivity contribution in [3.63, 3.8) is 0 Å². The summed E-state index contributed by atoms with van der Waals surface area (Å²) in [5, 5.41) is 17.3. The maximum atomic E-state index is 14.2. The van der Waals surface area contributed by atoms with Gasteiger partial charge in [0.15, 0.2) is 5.60 Å². The molecular formula is C37H40N6O4. The maximum Gasteiger partial charge on any atom is 0.272 e. The first-order valence-corrected chi connectivity index (χ1v) is 15.8. The Morgan fingerprint density at radius 1 is 0.894 bits per heavy atom. The zero-order chi connectivity index (χ0) is 33.4. The van der Waals surface area contributed by atoms with Crippen molar-refractivity contribution < 1.29 is 19.5 Å². The number of rotatable bonds is 12. The van der Waals surface area contributed by atoms with Crippen LogP contribution in [0.4, 0.5) is 5.69 Å². The molecule has 1 aromatic heterocycles. The molecule has 242 valence electrons. The third kappa shape index (κ3) is 7.14. The standard InChI is InChI=1S/C37H40N6O4/c1-4-42(5-2)24-25-43-31-22-13-12-20-29(31)32(30-21-14-15-23-38-30)40-33(35(43)45)41-34(44)26(3)39-36(46)37(47,27-16-8-6-9-17-27)28-18-10-7-11-19-28/h6-23,26,33,47H,4-5,24-25H2,1-3H3,(H,39,46)(H,41,44)/t26-,33+/m0/s1. The third-order valence-corrected chi connectivity index (χ3v) is 8.38. The SMILES string of the molecule is CCN(CC)CCN1C(=O)[C@@H](NC(=O)[C@H](C)NC(=O)C(O)(c2ccccc2)c2ccccc2)N=C(c2ccccn2)c2ccccc21. The fourth-order valence-electron chi connectivity index (χ4n) is 5.66. The molecule has 3 N–H and O–H groups in total. The number of benzodiazepines with no additional fused rings is 1. The number of aliphatic hydroxyl groups is 1. The van der Waals surface area contributed by atoms with Crippen LogP contribution in [-0.2, 0) is 20.0 Å². The topological polar surface area (TPSA) is 127 Å². The molecule has 0 saturated carbocycles. The Morgan fingerprint density at radius 3 is 2.09 bits per heavy atom. The molecule has 3 amide bonds. The molecule has 5 rings (SSSR count). The molecule has 1 aliphatic heterocycles. The lowest BCUT2D eigenvalue weighted by Gasteiger charge is -2.30. The van der Waals surface area contributed by atoms with Crippen molar-refractivity contribution in [3.8, 4) is 0 Å². The highest BCUT2D eigenvalue weighted by Gasteiger charge is 2.41. The fourth-order valence-corrected chi connectivity index (χ4v) is 5.66. The van der Waals surface area contributed by atoms with Crippen LogP contribution >= 0.6 is 0 Å². The first-order valence-electron chi connectivity index (χ1n) is 15.8. The predicted octanol–water partition coefficient (Wildman–Crippen LogP) is 3.49. The number of amides is 3. The number of carbonyl (C=O) groups is 3. The van der Waals surface area contributed by atoms with Crippen molar-refractivity contribution in [3.05, 3.63) is 132 Å². The Kier molecular flexibility index (Phi) is 10.5. The van der Waals surface area contributed by atoms with Crippen molar-refractivity contribution in [2.75, 3.05) is 31.1 Å². The Balaban J connectivity index is 1.45. The smallest absolute Gasteiger partial charge is 0.272 e. The second-order valence-electron chi connectivity index (χ2n) is 11.3. The summed E-state index contributed by atoms with van der Waals surface area (Å²) in [4.78, 5) is 54.9. The highest BCUT2D eigenvalue weighted by atomic mass is 16.3. The first kappa shape index (κ1) is 33.2. The van der Waals surface area contributed by atoms with E-state index >= 15 is 0 Å². The van der Waals surface area contributed by atoms with Crippen LogP contribution in [0.5, 0.6) is 0 Å². The number of aromatic nitrogens is 1. The van der Waals surface area contributed by atoms with E-state index in [0.717, 1.165) is 13.1 Å². The molecule has 47 heavy (non-hydrogen) atoms. The molecule has 0 saturated heterocycles. The molecule has 0 fully saturated rings. The minimum atomic E-state index is -2.07. The lowest BCUT2D eigenvalue weighted by Crippen LogP contribution is -2.56. The van der Waals surface area contributed by atoms with Gasteiger partial charge < -0.3 is 25.5 Å². The van der Waals surface area contributed by atoms with Gasteiger partial charge in [-0.05, 0) is 49.3 Å². The molecule has 1 aliphatic rings. The van der Waals surface area contributed by atoms with E-state index in [0.29, 0.717) is 46.9 Å². The van der Waals surface area contributed by atoms with Crippen molar-refractivity contribution >= 4 is 29.1 Å². The summed E-state index contributed by atoms with van der Waals surface area (Å²) >= 11 is 0. The van der Waals surface area contributed by atoms with Crippen LogP contribution in [0.15, 0.2) is 114 Å². The van der Waals surface area contributed by atoms with Gasteiger partial charge in [0.25, 0.3) is 11.8 Å². The lowest BCUT2D eigenvalue weighted by molar-refractivity contribution is -0.140. The van der Waals surface area contributed by atoms with Gasteiger partial charge >= 0.3 is 0 Å². The number of pyridine rings is 1. The first-order chi connectivity index (χ1) is 22.8. The molecule has 10 nitrogen and oxygen atoms in total. The van der Waals surface area contributed by atoms with Crippen LogP contribution in [0.3, 0.4) is 0 Å². The second kappa shape index (κ2) is 14.9. The summed E-state index contributed by atoms with van der Waals surface area (Å²) in [6.07, 6.45) is 0.349. The average molecular weight is 633 g/mol. The van der Waals surface area contributed by atoms with Crippen molar-refractivity contribution in [2.45, 2.75) is 38.6 Å². The van der Waals surface area contributed by atoms with Crippen LogP contribution in [0, 0.1) is 0 Å². The second-order valence-corrected chi connectivity index (χ2v) is 11.3. The monoisotopic (exact) mass is 632 g/mol. The van der Waals surface area contributed by atoms with E-state index in [-0.39, 0.29) is 0 Å². The van der Waals surface area contributed by atoms with E-state index in [4.69, 9.17) is 4.99 Å². The van der Waals surface area contributed by atoms with Crippen molar-refractivity contribution in [1.29, 1.82) is 0 Å². The number of nitrogens with one attached hydrogen (secondary N) is 2. The normalized spacial score (nSPS) is 15.3. The van der Waals surface area contributed by atoms with Crippen LogP contribution in [0.25, 0.3) is 0 Å². The highest BCUT2D eigenvalue weighted by molar-refractivity contribution is 6.19. The van der Waals surface area contributed by atoms with E-state index < -0.39 is 35.5 Å². The Bertz CT molecular complexity index is 1670. The number of para-hydroxylation sites is 1. The minimum absolute atomic E-state index is 0.349. The van der Waals surface area contributed by atoms with Gasteiger partial charge in [-0.2, -0.15) is 0 Å². The van der Waals surface area contributed by atoms with Crippen LogP contribution in [-0.4, -0.2) is 76.8 Å². The third-order valence-electron chi connectivity index (χ3n) is 8.38. The quantitative estimate of drug-likeness (QED) is 0.220. The van der Waals surface area contributed by atoms with Gasteiger partial charge in [0.05, 0.1) is 17.1 Å². The summed E-state index contributed by atoms with van der Waals surface area (Å²) in [6, 6.07) is 28.9. The van der Waals surface area contributed by atoms with E-state index in [2.05, 4.69) is 34.4 Å². The summed E-state index contributed by atoms with van der Waals surface area (Å²) in [5.41, 5.74) is 1.03. The Hall–Kier alpha value is -5.19. The zero-order valence-electron chi connectivity index (χ0n) is 26.8. The van der Waals surface area contributed by atoms with Gasteiger partial charge in [-0.1, -0.05) is 98.8 Å². The van der Waals surface area contributed by atoms with Gasteiger partial charge in [0, 0.05) is 24.8 Å². The molecule has 0 bridgehead atoms. The number of aliphatic imine (C=N–C) groups is 1. The van der Waals surface area contributed by atoms with Crippen LogP contribution in [0.1, 0.15) is 43.2 Å². The van der Waals surface area contributed by atoms with E-state index in [1.54, 1.807) is 83.9 Å². The summed E-state index contributed by atoms with van der Waals surface area (Å²) < 4.78 is 0. The summed E-state index contributed by atoms with van der Waals surface area (Å²) in [7, 11) is 0. The lowest BCUT2D eigenvalue weighted by atomic mass is 9.85. The van der Waals surface area contributed by atoms with Crippen LogP contribution in [0.2, 0.25) is 0 Å². The summed E-state index contributed by atoms with van der Waals surface area (Å²) in [6.45, 7) is 8.29. The number of benzene rings is 3. The zero-order valence-corrected chi connectivity index (χ0v) is 26.8. The maximum absolute atomic E-state index is 14.2. The predicted molar refractivity (Wildman–Crippen MR) is 182 cm³/mol. The van der Waals surface area contributed by atoms with E-state index in [9.17, 15) is 19.5 Å². The summed E-state index contributed by atoms with van der Waals surface area (Å²) in [5.74, 6) is -1.83. The number of likely N-dealkylation sites (N-methyl/N-ethyl adjacent to an activating group) is 1. The molecule has 3 aromatic carbocycles. The molecule has 0 unspecified atom stereocenters. The van der Waals surface area contributed by atoms with E-state index in [1.165, 1.54) is 6.92 Å². The number of hydrogen-bond acceptors (Lipinski definition) is 7. The molecule has 0 spiro atoms. The Labute approximate surface area is 275 Å². The van der Waals surface area contributed by atoms with E-state index in [1.807, 2.05) is 30.3 Å². The minimum Gasteiger partial charge on any atom is -0.372 e. The molecule has 2 heterocycles. The van der Waals surface area contributed by atoms with Crippen LogP contribution < -0.4 is 15.5 Å². The molecule has 10 heteroatoms. The van der Waals surface area contributed by atoms with Gasteiger partial charge in [0.2, 0.25) is 12.1 Å². The number of hydrogen-bond donors (Lipinski definition) is 3. The van der Waals surface area contributed by atoms with Crippen molar-refractivity contribution in [1.82, 2.24) is 20.5 Å². The number of anilines is 1. The van der Waals surface area contributed by atoms with Gasteiger partial charge in [-0.15, -0.1) is 0 Å². The molecule has 4 aromatic rings. The fraction of sp³-hybridized carbons (Fsp3) is 0.270. The van der Waals surface area contributed by atoms with Crippen molar-refractivity contribution in [2.24, 2.45) is 4.99 Å². The number of carbonyl (C=O) groups excluding carboxylic acids is 3. The number of nitrogens with zero attached hydrogens (tertiary/aromatic N) is 4. The average Bonchev–Trinajstić information content (AvgIpc) is 3.23. The Morgan fingerprint density at radius 2 is 1.49 bits per heavy atom. The molecule has 0 radical (unpaired) electrons.